The van der Waals surface area contributed by atoms with E-state index in [2.05, 4.69) is 14.9 Å². The second-order valence-corrected chi connectivity index (χ2v) is 11.3. The number of benzene rings is 2. The van der Waals surface area contributed by atoms with Crippen LogP contribution in [0.15, 0.2) is 57.9 Å². The number of nitrogens with zero attached hydrogens (tertiary/aromatic N) is 3. The number of piperidine rings is 1. The number of amides is 1. The zero-order valence-electron chi connectivity index (χ0n) is 20.6. The lowest BCUT2D eigenvalue weighted by atomic mass is 9.94. The summed E-state index contributed by atoms with van der Waals surface area (Å²) in [6, 6.07) is 13.7. The van der Waals surface area contributed by atoms with Gasteiger partial charge in [0.25, 0.3) is 5.89 Å². The van der Waals surface area contributed by atoms with Gasteiger partial charge in [-0.2, -0.15) is 9.71 Å². The van der Waals surface area contributed by atoms with Crippen LogP contribution >= 0.6 is 0 Å². The van der Waals surface area contributed by atoms with Gasteiger partial charge in [0.1, 0.15) is 6.04 Å². The maximum absolute atomic E-state index is 13.3. The van der Waals surface area contributed by atoms with Crippen molar-refractivity contribution in [3.8, 4) is 11.5 Å². The molecule has 0 unspecified atom stereocenters. The highest BCUT2D eigenvalue weighted by molar-refractivity contribution is 7.89. The third-order valence-corrected chi connectivity index (χ3v) is 7.88. The molecule has 1 aliphatic heterocycles. The minimum absolute atomic E-state index is 0.0862. The van der Waals surface area contributed by atoms with Gasteiger partial charge in [-0.1, -0.05) is 54.4 Å². The predicted octanol–water partition coefficient (Wildman–Crippen LogP) is 4.06. The van der Waals surface area contributed by atoms with Gasteiger partial charge in [-0.05, 0) is 56.9 Å². The van der Waals surface area contributed by atoms with Crippen LogP contribution in [0.2, 0.25) is 0 Å². The van der Waals surface area contributed by atoms with Crippen molar-refractivity contribution in [3.63, 3.8) is 0 Å². The molecule has 1 saturated heterocycles. The van der Waals surface area contributed by atoms with Crippen LogP contribution in [-0.4, -0.2) is 48.5 Å². The third-order valence-electron chi connectivity index (χ3n) is 6.42. The van der Waals surface area contributed by atoms with E-state index in [1.807, 2.05) is 52.0 Å². The molecule has 2 aromatic carbocycles. The SMILES string of the molecule is Cc1ccc(S(=O)(=O)N[C@H](C(=O)N2CCC(c3noc(-c4cccc(C)c4)n3)CC2)C(C)C)cc1. The molecule has 1 aliphatic rings. The first-order valence-electron chi connectivity index (χ1n) is 11.9. The summed E-state index contributed by atoms with van der Waals surface area (Å²) in [6.07, 6.45) is 1.38. The smallest absolute Gasteiger partial charge is 0.257 e. The Balaban J connectivity index is 1.40. The number of carbonyl (C=O) groups is 1. The number of hydrogen-bond acceptors (Lipinski definition) is 6. The van der Waals surface area contributed by atoms with Crippen molar-refractivity contribution in [2.24, 2.45) is 5.92 Å². The Labute approximate surface area is 206 Å². The van der Waals surface area contributed by atoms with Gasteiger partial charge in [-0.15, -0.1) is 0 Å². The number of likely N-dealkylation sites (tertiary alicyclic amines) is 1. The van der Waals surface area contributed by atoms with Crippen LogP contribution in [-0.2, 0) is 14.8 Å². The molecule has 35 heavy (non-hydrogen) atoms. The molecule has 1 aromatic heterocycles. The van der Waals surface area contributed by atoms with Gasteiger partial charge in [-0.25, -0.2) is 8.42 Å². The van der Waals surface area contributed by atoms with Gasteiger partial charge < -0.3 is 9.42 Å². The predicted molar refractivity (Wildman–Crippen MR) is 133 cm³/mol. The van der Waals surface area contributed by atoms with E-state index in [-0.39, 0.29) is 22.6 Å². The van der Waals surface area contributed by atoms with Crippen LogP contribution in [0.4, 0.5) is 0 Å². The molecule has 0 spiro atoms. The normalized spacial score (nSPS) is 16.0. The van der Waals surface area contributed by atoms with Crippen molar-refractivity contribution < 1.29 is 17.7 Å². The number of hydrogen-bond donors (Lipinski definition) is 1. The third kappa shape index (κ3) is 5.79. The summed E-state index contributed by atoms with van der Waals surface area (Å²) in [5.41, 5.74) is 2.97. The molecule has 0 saturated carbocycles. The van der Waals surface area contributed by atoms with E-state index in [0.29, 0.717) is 37.6 Å². The minimum Gasteiger partial charge on any atom is -0.341 e. The molecule has 1 fully saturated rings. The monoisotopic (exact) mass is 496 g/mol. The first-order chi connectivity index (χ1) is 16.6. The van der Waals surface area contributed by atoms with Crippen molar-refractivity contribution in [3.05, 3.63) is 65.5 Å². The van der Waals surface area contributed by atoms with Crippen LogP contribution in [0.5, 0.6) is 0 Å². The lowest BCUT2D eigenvalue weighted by Gasteiger charge is -2.34. The molecular weight excluding hydrogens is 464 g/mol. The molecule has 2 heterocycles. The van der Waals surface area contributed by atoms with E-state index in [1.165, 1.54) is 0 Å². The Morgan fingerprint density at radius 2 is 1.74 bits per heavy atom. The van der Waals surface area contributed by atoms with Crippen LogP contribution in [0.25, 0.3) is 11.5 Å². The summed E-state index contributed by atoms with van der Waals surface area (Å²) in [7, 11) is -3.82. The molecule has 0 radical (unpaired) electrons. The summed E-state index contributed by atoms with van der Waals surface area (Å²) < 4.78 is 34.0. The first-order valence-corrected chi connectivity index (χ1v) is 13.4. The maximum atomic E-state index is 13.3. The Morgan fingerprint density at radius 1 is 1.06 bits per heavy atom. The van der Waals surface area contributed by atoms with Crippen LogP contribution < -0.4 is 4.72 Å². The first kappa shape index (κ1) is 25.1. The van der Waals surface area contributed by atoms with Gasteiger partial charge in [0.2, 0.25) is 15.9 Å². The number of aryl methyl sites for hydroxylation is 2. The zero-order chi connectivity index (χ0) is 25.2. The lowest BCUT2D eigenvalue weighted by molar-refractivity contribution is -0.135. The van der Waals surface area contributed by atoms with Crippen molar-refractivity contribution >= 4 is 15.9 Å². The minimum atomic E-state index is -3.82. The maximum Gasteiger partial charge on any atom is 0.257 e. The van der Waals surface area contributed by atoms with Crippen LogP contribution in [0.1, 0.15) is 49.6 Å². The number of aromatic nitrogens is 2. The largest absolute Gasteiger partial charge is 0.341 e. The number of rotatable bonds is 7. The summed E-state index contributed by atoms with van der Waals surface area (Å²) in [4.78, 5) is 19.8. The quantitative estimate of drug-likeness (QED) is 0.529. The number of nitrogens with one attached hydrogen (secondary N) is 1. The summed E-state index contributed by atoms with van der Waals surface area (Å²) in [6.45, 7) is 8.61. The Bertz CT molecular complexity index is 1280. The fraction of sp³-hybridized carbons (Fsp3) is 0.423. The molecule has 9 heteroatoms. The van der Waals surface area contributed by atoms with Crippen molar-refractivity contribution in [1.29, 1.82) is 0 Å². The second kappa shape index (κ2) is 10.3. The standard InChI is InChI=1S/C26H32N4O4S/c1-17(2)23(29-35(32,33)22-10-8-18(3)9-11-22)26(31)30-14-12-20(13-15-30)24-27-25(34-28-24)21-7-5-6-19(4)16-21/h5-11,16-17,20,23,29H,12-15H2,1-4H3/t23-/m0/s1. The van der Waals surface area contributed by atoms with Crippen molar-refractivity contribution in [1.82, 2.24) is 19.8 Å². The van der Waals surface area contributed by atoms with Crippen molar-refractivity contribution in [2.45, 2.75) is 57.4 Å². The van der Waals surface area contributed by atoms with E-state index in [9.17, 15) is 13.2 Å². The fourth-order valence-corrected chi connectivity index (χ4v) is 5.61. The molecular formula is C26H32N4O4S. The zero-order valence-corrected chi connectivity index (χ0v) is 21.4. The Kier molecular flexibility index (Phi) is 7.37. The Morgan fingerprint density at radius 3 is 2.37 bits per heavy atom. The molecule has 3 aromatic rings. The molecule has 186 valence electrons. The molecule has 1 N–H and O–H groups in total. The Hall–Kier alpha value is -3.04. The summed E-state index contributed by atoms with van der Waals surface area (Å²) in [5.74, 6) is 0.821. The highest BCUT2D eigenvalue weighted by atomic mass is 32.2. The number of carbonyl (C=O) groups excluding carboxylic acids is 1. The van der Waals surface area contributed by atoms with Gasteiger partial charge in [0.05, 0.1) is 4.90 Å². The van der Waals surface area contributed by atoms with Crippen LogP contribution in [0.3, 0.4) is 0 Å². The van der Waals surface area contributed by atoms with E-state index in [4.69, 9.17) is 4.52 Å². The molecule has 0 aliphatic carbocycles. The molecule has 1 atom stereocenters. The highest BCUT2D eigenvalue weighted by Gasteiger charge is 2.34. The second-order valence-electron chi connectivity index (χ2n) is 9.58. The van der Waals surface area contributed by atoms with Gasteiger partial charge >= 0.3 is 0 Å². The van der Waals surface area contributed by atoms with Gasteiger partial charge in [0, 0.05) is 24.6 Å². The van der Waals surface area contributed by atoms with Gasteiger partial charge in [-0.3, -0.25) is 4.79 Å². The molecule has 8 nitrogen and oxygen atoms in total. The van der Waals surface area contributed by atoms with E-state index < -0.39 is 16.1 Å². The van der Waals surface area contributed by atoms with Crippen LogP contribution in [0, 0.1) is 19.8 Å². The summed E-state index contributed by atoms with van der Waals surface area (Å²) >= 11 is 0. The summed E-state index contributed by atoms with van der Waals surface area (Å²) in [5, 5.41) is 4.19. The van der Waals surface area contributed by atoms with E-state index >= 15 is 0 Å². The average Bonchev–Trinajstić information content (AvgIpc) is 3.33. The lowest BCUT2D eigenvalue weighted by Crippen LogP contribution is -2.52. The fourth-order valence-electron chi connectivity index (χ4n) is 4.28. The van der Waals surface area contributed by atoms with Crippen molar-refractivity contribution in [2.75, 3.05) is 13.1 Å². The molecule has 1 amide bonds. The molecule has 0 bridgehead atoms. The highest BCUT2D eigenvalue weighted by Crippen LogP contribution is 2.29. The average molecular weight is 497 g/mol. The number of sulfonamides is 1. The van der Waals surface area contributed by atoms with E-state index in [1.54, 1.807) is 29.2 Å². The van der Waals surface area contributed by atoms with Gasteiger partial charge in [0.15, 0.2) is 5.82 Å². The topological polar surface area (TPSA) is 105 Å². The molecule has 4 rings (SSSR count). The van der Waals surface area contributed by atoms with E-state index in [0.717, 1.165) is 16.7 Å².